The summed E-state index contributed by atoms with van der Waals surface area (Å²) in [5.41, 5.74) is 1.45. The minimum Gasteiger partial charge on any atom is -0.353 e. The molecule has 164 valence electrons. The van der Waals surface area contributed by atoms with Crippen molar-refractivity contribution in [2.24, 2.45) is 5.92 Å². The lowest BCUT2D eigenvalue weighted by Crippen LogP contribution is -2.49. The highest BCUT2D eigenvalue weighted by molar-refractivity contribution is 8.01. The Labute approximate surface area is 191 Å². The first-order chi connectivity index (χ1) is 14.9. The summed E-state index contributed by atoms with van der Waals surface area (Å²) in [7, 11) is 0. The molecule has 1 fully saturated rings. The SMILES string of the molecule is CC(C(=O)NC1CCCCC1)C1Sc2ccccc2N(Cc2ccc(F)cc2Cl)C1=O. The lowest BCUT2D eigenvalue weighted by atomic mass is 9.94. The zero-order valence-electron chi connectivity index (χ0n) is 17.4. The van der Waals surface area contributed by atoms with Crippen LogP contribution in [0, 0.1) is 11.7 Å². The number of anilines is 1. The predicted octanol–water partition coefficient (Wildman–Crippen LogP) is 5.57. The van der Waals surface area contributed by atoms with E-state index in [0.29, 0.717) is 5.56 Å². The van der Waals surface area contributed by atoms with Gasteiger partial charge >= 0.3 is 0 Å². The Hall–Kier alpha value is -2.05. The van der Waals surface area contributed by atoms with E-state index < -0.39 is 17.0 Å². The minimum atomic E-state index is -0.530. The predicted molar refractivity (Wildman–Crippen MR) is 123 cm³/mol. The second-order valence-electron chi connectivity index (χ2n) is 8.30. The van der Waals surface area contributed by atoms with Gasteiger partial charge in [0.05, 0.1) is 18.2 Å². The van der Waals surface area contributed by atoms with Crippen molar-refractivity contribution < 1.29 is 14.0 Å². The Balaban J connectivity index is 1.57. The van der Waals surface area contributed by atoms with Gasteiger partial charge in [0.25, 0.3) is 0 Å². The molecule has 1 N–H and O–H groups in total. The van der Waals surface area contributed by atoms with E-state index in [2.05, 4.69) is 5.32 Å². The van der Waals surface area contributed by atoms with E-state index in [0.717, 1.165) is 36.3 Å². The molecule has 2 atom stereocenters. The molecule has 2 aromatic carbocycles. The van der Waals surface area contributed by atoms with Crippen LogP contribution in [0.1, 0.15) is 44.6 Å². The number of fused-ring (bicyclic) bond motifs is 1. The van der Waals surface area contributed by atoms with E-state index in [4.69, 9.17) is 11.6 Å². The highest BCUT2D eigenvalue weighted by atomic mass is 35.5. The van der Waals surface area contributed by atoms with Crippen molar-refractivity contribution in [3.05, 3.63) is 58.9 Å². The third-order valence-corrected chi connectivity index (χ3v) is 7.90. The van der Waals surface area contributed by atoms with Gasteiger partial charge in [0.2, 0.25) is 11.8 Å². The van der Waals surface area contributed by atoms with E-state index in [9.17, 15) is 14.0 Å². The molecule has 0 radical (unpaired) electrons. The zero-order valence-corrected chi connectivity index (χ0v) is 19.0. The van der Waals surface area contributed by atoms with E-state index in [1.807, 2.05) is 31.2 Å². The summed E-state index contributed by atoms with van der Waals surface area (Å²) in [6.07, 6.45) is 5.49. The van der Waals surface area contributed by atoms with Crippen molar-refractivity contribution >= 4 is 40.9 Å². The highest BCUT2D eigenvalue weighted by Gasteiger charge is 2.40. The third kappa shape index (κ3) is 4.90. The molecule has 2 aromatic rings. The van der Waals surface area contributed by atoms with Crippen molar-refractivity contribution in [3.63, 3.8) is 0 Å². The number of para-hydroxylation sites is 1. The van der Waals surface area contributed by atoms with Gasteiger partial charge in [0.1, 0.15) is 11.1 Å². The molecular formula is C24H26ClFN2O2S. The fraction of sp³-hybridized carbons (Fsp3) is 0.417. The van der Waals surface area contributed by atoms with Crippen LogP contribution in [-0.4, -0.2) is 23.1 Å². The fourth-order valence-corrected chi connectivity index (χ4v) is 5.77. The summed E-state index contributed by atoms with van der Waals surface area (Å²) < 4.78 is 13.5. The normalized spacial score (nSPS) is 20.3. The molecule has 4 nitrogen and oxygen atoms in total. The summed E-state index contributed by atoms with van der Waals surface area (Å²) >= 11 is 7.67. The van der Waals surface area contributed by atoms with Crippen LogP contribution in [0.3, 0.4) is 0 Å². The Morgan fingerprint density at radius 2 is 1.97 bits per heavy atom. The van der Waals surface area contributed by atoms with E-state index in [1.165, 1.54) is 30.3 Å². The van der Waals surface area contributed by atoms with Crippen LogP contribution >= 0.6 is 23.4 Å². The Morgan fingerprint density at radius 1 is 1.23 bits per heavy atom. The first-order valence-corrected chi connectivity index (χ1v) is 12.0. The van der Waals surface area contributed by atoms with Crippen LogP contribution in [0.4, 0.5) is 10.1 Å². The van der Waals surface area contributed by atoms with Crippen LogP contribution in [0.15, 0.2) is 47.4 Å². The summed E-state index contributed by atoms with van der Waals surface area (Å²) in [5.74, 6) is -1.09. The van der Waals surface area contributed by atoms with E-state index in [1.54, 1.807) is 11.0 Å². The van der Waals surface area contributed by atoms with Crippen LogP contribution in [0.5, 0.6) is 0 Å². The standard InChI is InChI=1S/C24H26ClFN2O2S/c1-15(23(29)27-18-7-3-2-4-8-18)22-24(30)28(20-9-5-6-10-21(20)31-22)14-16-11-12-17(26)13-19(16)25/h5-6,9-13,15,18,22H,2-4,7-8,14H2,1H3,(H,27,29). The quantitative estimate of drug-likeness (QED) is 0.634. The summed E-state index contributed by atoms with van der Waals surface area (Å²) in [6.45, 7) is 2.05. The van der Waals surface area contributed by atoms with Crippen molar-refractivity contribution in [1.29, 1.82) is 0 Å². The molecule has 4 rings (SSSR count). The number of benzene rings is 2. The van der Waals surface area contributed by atoms with Gasteiger partial charge in [0.15, 0.2) is 0 Å². The Morgan fingerprint density at radius 3 is 2.71 bits per heavy atom. The monoisotopic (exact) mass is 460 g/mol. The van der Waals surface area contributed by atoms with Crippen molar-refractivity contribution in [2.45, 2.75) is 61.8 Å². The number of hydrogen-bond acceptors (Lipinski definition) is 3. The molecule has 7 heteroatoms. The van der Waals surface area contributed by atoms with Gasteiger partial charge in [-0.05, 0) is 42.7 Å². The lowest BCUT2D eigenvalue weighted by Gasteiger charge is -2.36. The van der Waals surface area contributed by atoms with Gasteiger partial charge < -0.3 is 10.2 Å². The molecule has 1 aliphatic heterocycles. The zero-order chi connectivity index (χ0) is 22.0. The smallest absolute Gasteiger partial charge is 0.241 e. The highest BCUT2D eigenvalue weighted by Crippen LogP contribution is 2.42. The number of carbonyl (C=O) groups excluding carboxylic acids is 2. The Bertz CT molecular complexity index is 980. The maximum Gasteiger partial charge on any atom is 0.241 e. The number of thioether (sulfide) groups is 1. The molecule has 2 aliphatic rings. The van der Waals surface area contributed by atoms with Crippen LogP contribution in [-0.2, 0) is 16.1 Å². The maximum absolute atomic E-state index is 13.5. The second-order valence-corrected chi connectivity index (χ2v) is 9.89. The molecule has 2 amide bonds. The summed E-state index contributed by atoms with van der Waals surface area (Å²) in [6, 6.07) is 12.1. The average molecular weight is 461 g/mol. The van der Waals surface area contributed by atoms with Gasteiger partial charge in [-0.15, -0.1) is 11.8 Å². The number of nitrogens with zero attached hydrogens (tertiary/aromatic N) is 1. The van der Waals surface area contributed by atoms with Gasteiger partial charge in [0, 0.05) is 16.0 Å². The molecule has 0 spiro atoms. The number of hydrogen-bond donors (Lipinski definition) is 1. The average Bonchev–Trinajstić information content (AvgIpc) is 2.77. The second kappa shape index (κ2) is 9.61. The number of rotatable bonds is 5. The molecule has 0 aromatic heterocycles. The Kier molecular flexibility index (Phi) is 6.87. The van der Waals surface area contributed by atoms with Crippen molar-refractivity contribution in [3.8, 4) is 0 Å². The lowest BCUT2D eigenvalue weighted by molar-refractivity contribution is -0.129. The largest absolute Gasteiger partial charge is 0.353 e. The number of amides is 2. The molecule has 0 bridgehead atoms. The molecular weight excluding hydrogens is 435 g/mol. The summed E-state index contributed by atoms with van der Waals surface area (Å²) in [4.78, 5) is 29.1. The summed E-state index contributed by atoms with van der Waals surface area (Å²) in [5, 5.41) is 2.91. The van der Waals surface area contributed by atoms with Crippen LogP contribution in [0.25, 0.3) is 0 Å². The molecule has 31 heavy (non-hydrogen) atoms. The van der Waals surface area contributed by atoms with Gasteiger partial charge in [-0.2, -0.15) is 0 Å². The number of nitrogens with one attached hydrogen (secondary N) is 1. The molecule has 2 unspecified atom stereocenters. The first kappa shape index (κ1) is 22.2. The van der Waals surface area contributed by atoms with Crippen molar-refractivity contribution in [1.82, 2.24) is 5.32 Å². The fourth-order valence-electron chi connectivity index (χ4n) is 4.26. The number of carbonyl (C=O) groups is 2. The minimum absolute atomic E-state index is 0.0723. The van der Waals surface area contributed by atoms with Gasteiger partial charge in [-0.25, -0.2) is 4.39 Å². The third-order valence-electron chi connectivity index (χ3n) is 6.08. The molecule has 1 aliphatic carbocycles. The van der Waals surface area contributed by atoms with Crippen LogP contribution in [0.2, 0.25) is 5.02 Å². The van der Waals surface area contributed by atoms with Gasteiger partial charge in [-0.3, -0.25) is 9.59 Å². The van der Waals surface area contributed by atoms with Crippen LogP contribution < -0.4 is 10.2 Å². The topological polar surface area (TPSA) is 49.4 Å². The van der Waals surface area contributed by atoms with E-state index in [-0.39, 0.29) is 29.4 Å². The van der Waals surface area contributed by atoms with Crippen molar-refractivity contribution in [2.75, 3.05) is 4.90 Å². The maximum atomic E-state index is 13.5. The number of halogens is 2. The molecule has 1 saturated carbocycles. The van der Waals surface area contributed by atoms with Gasteiger partial charge in [-0.1, -0.05) is 56.0 Å². The molecule has 1 heterocycles. The van der Waals surface area contributed by atoms with E-state index >= 15 is 0 Å². The molecule has 0 saturated heterocycles. The first-order valence-electron chi connectivity index (χ1n) is 10.8.